The summed E-state index contributed by atoms with van der Waals surface area (Å²) in [6, 6.07) is 35.4. The molecule has 0 saturated heterocycles. The molecule has 0 bridgehead atoms. The normalized spacial score (nSPS) is 18.5. The van der Waals surface area contributed by atoms with Crippen LogP contribution in [0.15, 0.2) is 91.0 Å². The van der Waals surface area contributed by atoms with Crippen molar-refractivity contribution in [2.75, 3.05) is 4.18 Å². The summed E-state index contributed by atoms with van der Waals surface area (Å²) in [6.45, 7) is 0. The average Bonchev–Trinajstić information content (AvgIpc) is 2.92. The molecule has 0 spiro atoms. The van der Waals surface area contributed by atoms with E-state index in [1.54, 1.807) is 10.7 Å². The van der Waals surface area contributed by atoms with E-state index in [1.165, 1.54) is 68.4 Å². The molecule has 2 heteroatoms. The van der Waals surface area contributed by atoms with E-state index in [1.807, 2.05) is 0 Å². The molecular formula is C31H39PSn. The Balaban J connectivity index is 1.66. The number of benzene rings is 3. The van der Waals surface area contributed by atoms with Crippen LogP contribution in [0.3, 0.4) is 0 Å². The SMILES string of the molecule is c1cc[c]([Sn]([CH2]P(C2CCCCC2)C2CCCCC2)([c]2ccccc2)[c]2ccccc2)cc1. The van der Waals surface area contributed by atoms with Crippen LogP contribution in [0.4, 0.5) is 0 Å². The summed E-state index contributed by atoms with van der Waals surface area (Å²) in [7, 11) is 0.0375. The third-order valence-electron chi connectivity index (χ3n) is 8.31. The van der Waals surface area contributed by atoms with Crippen LogP contribution in [-0.2, 0) is 0 Å². The monoisotopic (exact) mass is 562 g/mol. The molecule has 0 amide bonds. The van der Waals surface area contributed by atoms with Crippen molar-refractivity contribution < 1.29 is 0 Å². The van der Waals surface area contributed by atoms with Crippen molar-refractivity contribution in [3.63, 3.8) is 0 Å². The summed E-state index contributed by atoms with van der Waals surface area (Å²) < 4.78 is 6.56. The zero-order valence-corrected chi connectivity index (χ0v) is 23.8. The van der Waals surface area contributed by atoms with Crippen LogP contribution >= 0.6 is 7.92 Å². The van der Waals surface area contributed by atoms with E-state index in [0.29, 0.717) is 0 Å². The van der Waals surface area contributed by atoms with E-state index in [9.17, 15) is 0 Å². The summed E-state index contributed by atoms with van der Waals surface area (Å²) in [5.74, 6) is 0. The van der Waals surface area contributed by atoms with Crippen molar-refractivity contribution in [3.8, 4) is 0 Å². The molecule has 33 heavy (non-hydrogen) atoms. The molecular weight excluding hydrogens is 522 g/mol. The summed E-state index contributed by atoms with van der Waals surface area (Å²) in [4.78, 5) is 0. The quantitative estimate of drug-likeness (QED) is 0.219. The van der Waals surface area contributed by atoms with Crippen molar-refractivity contribution in [2.24, 2.45) is 0 Å². The third kappa shape index (κ3) is 5.28. The van der Waals surface area contributed by atoms with Gasteiger partial charge in [-0.15, -0.1) is 0 Å². The molecule has 0 nitrogen and oxygen atoms in total. The van der Waals surface area contributed by atoms with Gasteiger partial charge in [-0.05, 0) is 0 Å². The molecule has 3 aromatic rings. The molecule has 0 aromatic heterocycles. The first kappa shape index (κ1) is 23.6. The molecule has 5 rings (SSSR count). The second-order valence-corrected chi connectivity index (χ2v) is 25.9. The maximum atomic E-state index is 2.49. The Morgan fingerprint density at radius 2 is 0.818 bits per heavy atom. The average molecular weight is 561 g/mol. The van der Waals surface area contributed by atoms with Crippen LogP contribution in [0, 0.1) is 0 Å². The maximum absolute atomic E-state index is 3.18. The van der Waals surface area contributed by atoms with Crippen LogP contribution in [0.1, 0.15) is 64.2 Å². The second kappa shape index (κ2) is 11.5. The molecule has 0 radical (unpaired) electrons. The molecule has 2 aliphatic carbocycles. The van der Waals surface area contributed by atoms with Crippen LogP contribution in [-0.4, -0.2) is 33.9 Å². The van der Waals surface area contributed by atoms with Gasteiger partial charge < -0.3 is 0 Å². The number of hydrogen-bond acceptors (Lipinski definition) is 0. The van der Waals surface area contributed by atoms with E-state index < -0.39 is 18.4 Å². The fraction of sp³-hybridized carbons (Fsp3) is 0.419. The van der Waals surface area contributed by atoms with Gasteiger partial charge in [-0.1, -0.05) is 0 Å². The predicted octanol–water partition coefficient (Wildman–Crippen LogP) is 6.84. The Hall–Kier alpha value is -1.11. The van der Waals surface area contributed by atoms with Gasteiger partial charge in [0.05, 0.1) is 0 Å². The summed E-state index contributed by atoms with van der Waals surface area (Å²) in [5.41, 5.74) is 2.01. The summed E-state index contributed by atoms with van der Waals surface area (Å²) in [5, 5.41) is 0. The zero-order valence-electron chi connectivity index (χ0n) is 20.0. The molecule has 0 N–H and O–H groups in total. The first-order valence-electron chi connectivity index (χ1n) is 13.3. The van der Waals surface area contributed by atoms with Gasteiger partial charge in [-0.2, -0.15) is 0 Å². The van der Waals surface area contributed by atoms with E-state index in [0.717, 1.165) is 11.3 Å². The molecule has 0 atom stereocenters. The van der Waals surface area contributed by atoms with Gasteiger partial charge in [-0.3, -0.25) is 0 Å². The number of hydrogen-bond donors (Lipinski definition) is 0. The van der Waals surface area contributed by atoms with E-state index >= 15 is 0 Å². The Morgan fingerprint density at radius 1 is 0.485 bits per heavy atom. The van der Waals surface area contributed by atoms with E-state index in [2.05, 4.69) is 91.0 Å². The van der Waals surface area contributed by atoms with Gasteiger partial charge in [0.2, 0.25) is 0 Å². The molecule has 172 valence electrons. The first-order valence-corrected chi connectivity index (χ1v) is 21.3. The third-order valence-corrected chi connectivity index (χ3v) is 30.5. The van der Waals surface area contributed by atoms with Gasteiger partial charge in [0.1, 0.15) is 0 Å². The van der Waals surface area contributed by atoms with Gasteiger partial charge in [-0.25, -0.2) is 0 Å². The van der Waals surface area contributed by atoms with Crippen molar-refractivity contribution in [1.29, 1.82) is 0 Å². The van der Waals surface area contributed by atoms with Gasteiger partial charge in [0, 0.05) is 0 Å². The van der Waals surface area contributed by atoms with Crippen LogP contribution in [0.5, 0.6) is 0 Å². The summed E-state index contributed by atoms with van der Waals surface area (Å²) in [6.07, 6.45) is 14.8. The van der Waals surface area contributed by atoms with Gasteiger partial charge in [0.15, 0.2) is 0 Å². The molecule has 0 unspecified atom stereocenters. The minimum atomic E-state index is -3.18. The Labute approximate surface area is 206 Å². The molecule has 0 aliphatic heterocycles. The van der Waals surface area contributed by atoms with Gasteiger partial charge >= 0.3 is 208 Å². The Bertz CT molecular complexity index is 845. The van der Waals surface area contributed by atoms with E-state index in [-0.39, 0.29) is 7.92 Å². The topological polar surface area (TPSA) is 0 Å². The Morgan fingerprint density at radius 3 is 1.15 bits per heavy atom. The second-order valence-electron chi connectivity index (χ2n) is 10.3. The molecule has 3 aromatic carbocycles. The molecule has 2 fully saturated rings. The summed E-state index contributed by atoms with van der Waals surface area (Å²) >= 11 is -3.18. The van der Waals surface area contributed by atoms with Crippen molar-refractivity contribution in [3.05, 3.63) is 91.0 Å². The molecule has 2 saturated carbocycles. The molecule has 0 heterocycles. The van der Waals surface area contributed by atoms with Crippen LogP contribution in [0.2, 0.25) is 0 Å². The van der Waals surface area contributed by atoms with Crippen molar-refractivity contribution >= 4 is 37.0 Å². The van der Waals surface area contributed by atoms with Gasteiger partial charge in [0.25, 0.3) is 0 Å². The fourth-order valence-corrected chi connectivity index (χ4v) is 34.0. The first-order chi connectivity index (χ1) is 16.4. The fourth-order valence-electron chi connectivity index (χ4n) is 6.60. The molecule has 2 aliphatic rings. The van der Waals surface area contributed by atoms with Crippen molar-refractivity contribution in [1.82, 2.24) is 0 Å². The Kier molecular flexibility index (Phi) is 8.26. The number of rotatable bonds is 7. The van der Waals surface area contributed by atoms with E-state index in [4.69, 9.17) is 0 Å². The minimum absolute atomic E-state index is 0.0375. The standard InChI is InChI=1S/C13H24P.3C6H5.Sn/c1-14(12-8-4-2-5-9-12)13-10-6-3-7-11-13;3*1-2-4-6-5-3-1;/h12-13H,1-11H2;3*1-5H;. The predicted molar refractivity (Wildman–Crippen MR) is 150 cm³/mol. The van der Waals surface area contributed by atoms with Crippen LogP contribution in [0.25, 0.3) is 0 Å². The van der Waals surface area contributed by atoms with Crippen LogP contribution < -0.4 is 10.7 Å². The zero-order chi connectivity index (χ0) is 22.3. The van der Waals surface area contributed by atoms with Crippen molar-refractivity contribution in [2.45, 2.75) is 75.5 Å².